The molecule has 27 heavy (non-hydrogen) atoms. The molecule has 7 nitrogen and oxygen atoms in total. The van der Waals surface area contributed by atoms with Gasteiger partial charge in [-0.25, -0.2) is 0 Å². The van der Waals surface area contributed by atoms with Crippen LogP contribution in [-0.2, 0) is 11.3 Å². The van der Waals surface area contributed by atoms with Gasteiger partial charge in [-0.1, -0.05) is 12.1 Å². The molecule has 2 aromatic carbocycles. The van der Waals surface area contributed by atoms with E-state index in [9.17, 15) is 9.59 Å². The van der Waals surface area contributed by atoms with Crippen LogP contribution in [0, 0.1) is 0 Å². The first kappa shape index (κ1) is 17.1. The first-order valence-corrected chi connectivity index (χ1v) is 8.68. The van der Waals surface area contributed by atoms with Crippen LogP contribution in [0.2, 0.25) is 0 Å². The lowest BCUT2D eigenvalue weighted by atomic mass is 10.2. The molecule has 7 heteroatoms. The summed E-state index contributed by atoms with van der Waals surface area (Å²) in [4.78, 5) is 24.2. The van der Waals surface area contributed by atoms with Crippen LogP contribution in [0.15, 0.2) is 53.5 Å². The van der Waals surface area contributed by atoms with Crippen molar-refractivity contribution in [3.63, 3.8) is 0 Å². The van der Waals surface area contributed by atoms with Crippen molar-refractivity contribution in [3.05, 3.63) is 58.9 Å². The van der Waals surface area contributed by atoms with Gasteiger partial charge >= 0.3 is 0 Å². The van der Waals surface area contributed by atoms with E-state index in [1.807, 2.05) is 32.0 Å². The quantitative estimate of drug-likeness (QED) is 0.769. The standard InChI is InChI=1S/C20H19N3O4/c1-20(2)26-17-8-7-13(11-18(17)27-20)22-19(25)9-10-23-15-6-4-3-5-14(15)16(24)12-21-23/h3-8,11-12H,9-10H2,1-2H3,(H,22,25). The molecule has 1 aliphatic heterocycles. The Hall–Kier alpha value is -3.35. The van der Waals surface area contributed by atoms with Crippen molar-refractivity contribution in [2.75, 3.05) is 5.32 Å². The number of carbonyl (C=O) groups excluding carboxylic acids is 1. The maximum absolute atomic E-state index is 12.3. The van der Waals surface area contributed by atoms with Crippen LogP contribution >= 0.6 is 0 Å². The highest BCUT2D eigenvalue weighted by Crippen LogP contribution is 2.40. The molecule has 4 rings (SSSR count). The smallest absolute Gasteiger partial charge is 0.246 e. The minimum Gasteiger partial charge on any atom is -0.449 e. The molecule has 2 heterocycles. The number of hydrogen-bond donors (Lipinski definition) is 1. The molecule has 0 unspecified atom stereocenters. The molecule has 1 aliphatic rings. The van der Waals surface area contributed by atoms with Crippen LogP contribution in [0.25, 0.3) is 10.9 Å². The van der Waals surface area contributed by atoms with E-state index in [0.29, 0.717) is 34.6 Å². The number of fused-ring (bicyclic) bond motifs is 2. The zero-order valence-corrected chi connectivity index (χ0v) is 15.1. The normalized spacial score (nSPS) is 14.3. The van der Waals surface area contributed by atoms with Crippen LogP contribution in [0.4, 0.5) is 5.69 Å². The third-order valence-electron chi connectivity index (χ3n) is 4.25. The molecule has 1 amide bonds. The van der Waals surface area contributed by atoms with Crippen molar-refractivity contribution in [2.45, 2.75) is 32.6 Å². The van der Waals surface area contributed by atoms with Crippen LogP contribution in [0.3, 0.4) is 0 Å². The van der Waals surface area contributed by atoms with Crippen molar-refractivity contribution >= 4 is 22.5 Å². The largest absolute Gasteiger partial charge is 0.449 e. The fourth-order valence-electron chi connectivity index (χ4n) is 3.07. The van der Waals surface area contributed by atoms with Crippen LogP contribution < -0.4 is 20.2 Å². The highest BCUT2D eigenvalue weighted by molar-refractivity contribution is 5.91. The maximum Gasteiger partial charge on any atom is 0.246 e. The number of aromatic nitrogens is 2. The second-order valence-electron chi connectivity index (χ2n) is 6.81. The van der Waals surface area contributed by atoms with Gasteiger partial charge in [0.15, 0.2) is 11.5 Å². The van der Waals surface area contributed by atoms with Gasteiger partial charge in [0.2, 0.25) is 17.1 Å². The monoisotopic (exact) mass is 365 g/mol. The number of nitrogens with zero attached hydrogens (tertiary/aromatic N) is 2. The molecule has 0 saturated heterocycles. The zero-order valence-electron chi connectivity index (χ0n) is 15.1. The van der Waals surface area contributed by atoms with Crippen LogP contribution in [0.5, 0.6) is 11.5 Å². The first-order chi connectivity index (χ1) is 12.9. The summed E-state index contributed by atoms with van der Waals surface area (Å²) in [6.07, 6.45) is 1.50. The highest BCUT2D eigenvalue weighted by Gasteiger charge is 2.31. The van der Waals surface area contributed by atoms with E-state index in [-0.39, 0.29) is 17.8 Å². The molecular formula is C20H19N3O4. The summed E-state index contributed by atoms with van der Waals surface area (Å²) in [5.41, 5.74) is 1.22. The minimum atomic E-state index is -0.706. The number of para-hydroxylation sites is 1. The molecule has 0 fully saturated rings. The summed E-state index contributed by atoms with van der Waals surface area (Å²) >= 11 is 0. The number of hydrogen-bond acceptors (Lipinski definition) is 5. The molecular weight excluding hydrogens is 346 g/mol. The molecule has 1 aromatic heterocycles. The highest BCUT2D eigenvalue weighted by atomic mass is 16.7. The molecule has 0 aliphatic carbocycles. The Labute approximate surface area is 155 Å². The summed E-state index contributed by atoms with van der Waals surface area (Å²) in [7, 11) is 0. The minimum absolute atomic E-state index is 0.130. The summed E-state index contributed by atoms with van der Waals surface area (Å²) < 4.78 is 13.0. The summed E-state index contributed by atoms with van der Waals surface area (Å²) in [5.74, 6) is 0.396. The van der Waals surface area contributed by atoms with E-state index in [1.54, 1.807) is 28.9 Å². The van der Waals surface area contributed by atoms with Crippen molar-refractivity contribution in [2.24, 2.45) is 0 Å². The van der Waals surface area contributed by atoms with Gasteiger partial charge in [0.05, 0.1) is 18.3 Å². The Bertz CT molecular complexity index is 1090. The lowest BCUT2D eigenvalue weighted by molar-refractivity contribution is -0.116. The van der Waals surface area contributed by atoms with E-state index in [4.69, 9.17) is 9.47 Å². The predicted molar refractivity (Wildman–Crippen MR) is 101 cm³/mol. The lowest BCUT2D eigenvalue weighted by Gasteiger charge is -2.16. The Kier molecular flexibility index (Phi) is 4.07. The van der Waals surface area contributed by atoms with E-state index < -0.39 is 5.79 Å². The number of carbonyl (C=O) groups is 1. The second kappa shape index (κ2) is 6.42. The molecule has 0 saturated carbocycles. The summed E-state index contributed by atoms with van der Waals surface area (Å²) in [6.45, 7) is 4.02. The third-order valence-corrected chi connectivity index (χ3v) is 4.25. The lowest BCUT2D eigenvalue weighted by Crippen LogP contribution is -2.29. The molecule has 0 bridgehead atoms. The van der Waals surface area contributed by atoms with Gasteiger partial charge < -0.3 is 14.8 Å². The number of ether oxygens (including phenoxy) is 2. The first-order valence-electron chi connectivity index (χ1n) is 8.68. The summed E-state index contributed by atoms with van der Waals surface area (Å²) in [6, 6.07) is 12.5. The van der Waals surface area contributed by atoms with Gasteiger partial charge in [-0.05, 0) is 24.3 Å². The number of aryl methyl sites for hydroxylation is 1. The SMILES string of the molecule is CC1(C)Oc2ccc(NC(=O)CCn3ncc(=O)c4ccccc43)cc2O1. The van der Waals surface area contributed by atoms with Gasteiger partial charge in [-0.15, -0.1) is 0 Å². The Morgan fingerprint density at radius 1 is 1.15 bits per heavy atom. The Morgan fingerprint density at radius 3 is 2.78 bits per heavy atom. The molecule has 0 radical (unpaired) electrons. The molecule has 0 atom stereocenters. The summed E-state index contributed by atoms with van der Waals surface area (Å²) in [5, 5.41) is 7.58. The molecule has 138 valence electrons. The van der Waals surface area contributed by atoms with Crippen LogP contribution in [-0.4, -0.2) is 21.5 Å². The van der Waals surface area contributed by atoms with E-state index in [0.717, 1.165) is 0 Å². The number of nitrogens with one attached hydrogen (secondary N) is 1. The fraction of sp³-hybridized carbons (Fsp3) is 0.250. The Morgan fingerprint density at radius 2 is 1.93 bits per heavy atom. The average molecular weight is 365 g/mol. The van der Waals surface area contributed by atoms with Gasteiger partial charge in [0.25, 0.3) is 0 Å². The van der Waals surface area contributed by atoms with Gasteiger partial charge in [0, 0.05) is 37.4 Å². The van der Waals surface area contributed by atoms with Crippen molar-refractivity contribution in [3.8, 4) is 11.5 Å². The van der Waals surface area contributed by atoms with E-state index >= 15 is 0 Å². The number of amides is 1. The number of benzene rings is 2. The fourth-order valence-corrected chi connectivity index (χ4v) is 3.07. The van der Waals surface area contributed by atoms with Gasteiger partial charge in [-0.2, -0.15) is 5.10 Å². The molecule has 1 N–H and O–H groups in total. The predicted octanol–water partition coefficient (Wildman–Crippen LogP) is 2.93. The number of rotatable bonds is 4. The van der Waals surface area contributed by atoms with E-state index in [1.165, 1.54) is 6.20 Å². The van der Waals surface area contributed by atoms with Crippen LogP contribution in [0.1, 0.15) is 20.3 Å². The maximum atomic E-state index is 12.3. The Balaban J connectivity index is 1.44. The van der Waals surface area contributed by atoms with Crippen molar-refractivity contribution < 1.29 is 14.3 Å². The number of anilines is 1. The molecule has 0 spiro atoms. The second-order valence-corrected chi connectivity index (χ2v) is 6.81. The topological polar surface area (TPSA) is 82.5 Å². The zero-order chi connectivity index (χ0) is 19.0. The van der Waals surface area contributed by atoms with Gasteiger partial charge in [0.1, 0.15) is 0 Å². The average Bonchev–Trinajstić information content (AvgIpc) is 2.94. The van der Waals surface area contributed by atoms with E-state index in [2.05, 4.69) is 10.4 Å². The van der Waals surface area contributed by atoms with Crippen molar-refractivity contribution in [1.29, 1.82) is 0 Å². The third kappa shape index (κ3) is 3.48. The molecule has 3 aromatic rings. The van der Waals surface area contributed by atoms with Crippen molar-refractivity contribution in [1.82, 2.24) is 9.78 Å². The van der Waals surface area contributed by atoms with Gasteiger partial charge in [-0.3, -0.25) is 14.3 Å².